The van der Waals surface area contributed by atoms with Crippen LogP contribution in [0.4, 0.5) is 23.1 Å². The van der Waals surface area contributed by atoms with Crippen molar-refractivity contribution in [2.75, 3.05) is 16.8 Å². The van der Waals surface area contributed by atoms with E-state index in [1.165, 1.54) is 0 Å². The van der Waals surface area contributed by atoms with E-state index in [4.69, 9.17) is 16.6 Å². The Morgan fingerprint density at radius 1 is 1.00 bits per heavy atom. The number of benzene rings is 2. The Balaban J connectivity index is 1.95. The van der Waals surface area contributed by atoms with Crippen molar-refractivity contribution in [3.8, 4) is 0 Å². The maximum atomic E-state index is 6.04. The molecule has 1 heterocycles. The molecule has 0 atom stereocenters. The molecule has 3 aromatic rings. The fraction of sp³-hybridized carbons (Fsp3) is 0.200. The molecule has 5 heteroatoms. The SMILES string of the molecule is CCN(c1ccccc1)c1nc(C)cc(Nc2ccc(Cl)cc2C)n1. The molecule has 25 heavy (non-hydrogen) atoms. The van der Waals surface area contributed by atoms with E-state index in [1.807, 2.05) is 56.3 Å². The van der Waals surface area contributed by atoms with Gasteiger partial charge in [0.05, 0.1) is 0 Å². The van der Waals surface area contributed by atoms with Crippen molar-refractivity contribution in [2.24, 2.45) is 0 Å². The molecule has 1 aromatic heterocycles. The maximum absolute atomic E-state index is 6.04. The Hall–Kier alpha value is -2.59. The van der Waals surface area contributed by atoms with E-state index in [1.54, 1.807) is 0 Å². The molecule has 0 radical (unpaired) electrons. The van der Waals surface area contributed by atoms with Gasteiger partial charge in [0.15, 0.2) is 0 Å². The Morgan fingerprint density at radius 3 is 2.44 bits per heavy atom. The number of anilines is 4. The molecule has 3 rings (SSSR count). The van der Waals surface area contributed by atoms with Gasteiger partial charge in [-0.25, -0.2) is 4.98 Å². The molecule has 0 aliphatic carbocycles. The summed E-state index contributed by atoms with van der Waals surface area (Å²) in [7, 11) is 0. The van der Waals surface area contributed by atoms with E-state index >= 15 is 0 Å². The molecular formula is C20H21ClN4. The van der Waals surface area contributed by atoms with Gasteiger partial charge in [-0.2, -0.15) is 4.98 Å². The molecule has 0 bridgehead atoms. The number of aryl methyl sites for hydroxylation is 2. The second kappa shape index (κ2) is 7.53. The van der Waals surface area contributed by atoms with E-state index in [2.05, 4.69) is 34.3 Å². The molecule has 2 aromatic carbocycles. The van der Waals surface area contributed by atoms with E-state index in [9.17, 15) is 0 Å². The van der Waals surface area contributed by atoms with E-state index < -0.39 is 0 Å². The lowest BCUT2D eigenvalue weighted by atomic mass is 10.2. The molecule has 128 valence electrons. The third kappa shape index (κ3) is 4.09. The molecule has 0 unspecified atom stereocenters. The van der Waals surface area contributed by atoms with Gasteiger partial charge in [0.2, 0.25) is 5.95 Å². The highest BCUT2D eigenvalue weighted by atomic mass is 35.5. The molecule has 0 saturated heterocycles. The summed E-state index contributed by atoms with van der Waals surface area (Å²) in [6.07, 6.45) is 0. The lowest BCUT2D eigenvalue weighted by Gasteiger charge is -2.22. The van der Waals surface area contributed by atoms with Gasteiger partial charge in [0.25, 0.3) is 0 Å². The highest BCUT2D eigenvalue weighted by Gasteiger charge is 2.12. The number of aromatic nitrogens is 2. The van der Waals surface area contributed by atoms with Gasteiger partial charge in [-0.15, -0.1) is 0 Å². The Bertz CT molecular complexity index is 865. The van der Waals surface area contributed by atoms with Crippen LogP contribution in [0, 0.1) is 13.8 Å². The summed E-state index contributed by atoms with van der Waals surface area (Å²) < 4.78 is 0. The number of rotatable bonds is 5. The predicted molar refractivity (Wildman–Crippen MR) is 105 cm³/mol. The van der Waals surface area contributed by atoms with Gasteiger partial charge in [0.1, 0.15) is 5.82 Å². The average Bonchev–Trinajstić information content (AvgIpc) is 2.59. The van der Waals surface area contributed by atoms with Crippen LogP contribution in [0.3, 0.4) is 0 Å². The van der Waals surface area contributed by atoms with Crippen LogP contribution < -0.4 is 10.2 Å². The van der Waals surface area contributed by atoms with Crippen molar-refractivity contribution < 1.29 is 0 Å². The second-order valence-electron chi connectivity index (χ2n) is 5.86. The fourth-order valence-electron chi connectivity index (χ4n) is 2.69. The first-order chi connectivity index (χ1) is 12.1. The van der Waals surface area contributed by atoms with Gasteiger partial charge in [0, 0.05) is 34.7 Å². The summed E-state index contributed by atoms with van der Waals surface area (Å²) in [6.45, 7) is 6.87. The van der Waals surface area contributed by atoms with Crippen molar-refractivity contribution in [1.82, 2.24) is 9.97 Å². The van der Waals surface area contributed by atoms with Gasteiger partial charge < -0.3 is 10.2 Å². The largest absolute Gasteiger partial charge is 0.340 e. The second-order valence-corrected chi connectivity index (χ2v) is 6.30. The first-order valence-electron chi connectivity index (χ1n) is 8.28. The minimum absolute atomic E-state index is 0.683. The zero-order valence-electron chi connectivity index (χ0n) is 14.6. The van der Waals surface area contributed by atoms with E-state index in [0.717, 1.165) is 40.0 Å². The molecule has 4 nitrogen and oxygen atoms in total. The lowest BCUT2D eigenvalue weighted by molar-refractivity contribution is 0.936. The van der Waals surface area contributed by atoms with Crippen LogP contribution >= 0.6 is 11.6 Å². The van der Waals surface area contributed by atoms with Crippen LogP contribution in [0.5, 0.6) is 0 Å². The molecule has 0 amide bonds. The molecule has 1 N–H and O–H groups in total. The normalized spacial score (nSPS) is 10.6. The molecule has 0 aliphatic rings. The summed E-state index contributed by atoms with van der Waals surface area (Å²) in [6, 6.07) is 17.9. The van der Waals surface area contributed by atoms with Crippen molar-refractivity contribution in [1.29, 1.82) is 0 Å². The zero-order valence-corrected chi connectivity index (χ0v) is 15.4. The summed E-state index contributed by atoms with van der Waals surface area (Å²) >= 11 is 6.04. The number of hydrogen-bond donors (Lipinski definition) is 1. The third-order valence-electron chi connectivity index (χ3n) is 3.92. The Kier molecular flexibility index (Phi) is 5.19. The summed E-state index contributed by atoms with van der Waals surface area (Å²) in [5.74, 6) is 1.45. The fourth-order valence-corrected chi connectivity index (χ4v) is 2.92. The monoisotopic (exact) mass is 352 g/mol. The Morgan fingerprint density at radius 2 is 1.76 bits per heavy atom. The maximum Gasteiger partial charge on any atom is 0.232 e. The molecule has 0 fully saturated rings. The quantitative estimate of drug-likeness (QED) is 0.644. The average molecular weight is 353 g/mol. The smallest absolute Gasteiger partial charge is 0.232 e. The summed E-state index contributed by atoms with van der Waals surface area (Å²) in [4.78, 5) is 11.4. The molecule has 0 spiro atoms. The van der Waals surface area contributed by atoms with Crippen molar-refractivity contribution >= 4 is 34.7 Å². The van der Waals surface area contributed by atoms with E-state index in [0.29, 0.717) is 5.95 Å². The first-order valence-corrected chi connectivity index (χ1v) is 8.66. The standard InChI is InChI=1S/C20H21ClN4/c1-4-25(17-8-6-5-7-9-17)20-22-15(3)13-19(24-20)23-18-11-10-16(21)12-14(18)2/h5-13H,4H2,1-3H3,(H,22,23,24). The highest BCUT2D eigenvalue weighted by molar-refractivity contribution is 6.30. The van der Waals surface area contributed by atoms with Crippen LogP contribution in [-0.2, 0) is 0 Å². The van der Waals surface area contributed by atoms with Crippen LogP contribution in [-0.4, -0.2) is 16.5 Å². The number of hydrogen-bond acceptors (Lipinski definition) is 4. The van der Waals surface area contributed by atoms with E-state index in [-0.39, 0.29) is 0 Å². The number of nitrogens with zero attached hydrogens (tertiary/aromatic N) is 3. The lowest BCUT2D eigenvalue weighted by Crippen LogP contribution is -2.19. The zero-order chi connectivity index (χ0) is 17.8. The highest BCUT2D eigenvalue weighted by Crippen LogP contribution is 2.26. The van der Waals surface area contributed by atoms with Crippen LogP contribution in [0.2, 0.25) is 5.02 Å². The minimum Gasteiger partial charge on any atom is -0.340 e. The third-order valence-corrected chi connectivity index (χ3v) is 4.15. The van der Waals surface area contributed by atoms with Gasteiger partial charge in [-0.05, 0) is 56.7 Å². The van der Waals surface area contributed by atoms with Crippen molar-refractivity contribution in [3.63, 3.8) is 0 Å². The minimum atomic E-state index is 0.683. The van der Waals surface area contributed by atoms with Gasteiger partial charge in [-0.1, -0.05) is 29.8 Å². The van der Waals surface area contributed by atoms with Crippen molar-refractivity contribution in [2.45, 2.75) is 20.8 Å². The number of nitrogens with one attached hydrogen (secondary N) is 1. The van der Waals surface area contributed by atoms with Crippen LogP contribution in [0.15, 0.2) is 54.6 Å². The summed E-state index contributed by atoms with van der Waals surface area (Å²) in [5, 5.41) is 4.10. The Labute approximate surface area is 153 Å². The molecule has 0 aliphatic heterocycles. The predicted octanol–water partition coefficient (Wildman–Crippen LogP) is 5.65. The number of para-hydroxylation sites is 1. The van der Waals surface area contributed by atoms with Crippen LogP contribution in [0.25, 0.3) is 0 Å². The first kappa shape index (κ1) is 17.2. The molecule has 0 saturated carbocycles. The number of halogens is 1. The molecular weight excluding hydrogens is 332 g/mol. The van der Waals surface area contributed by atoms with Crippen LogP contribution in [0.1, 0.15) is 18.2 Å². The van der Waals surface area contributed by atoms with Crippen molar-refractivity contribution in [3.05, 3.63) is 70.9 Å². The summed E-state index contributed by atoms with van der Waals surface area (Å²) in [5.41, 5.74) is 4.04. The van der Waals surface area contributed by atoms with Gasteiger partial charge in [-0.3, -0.25) is 0 Å². The topological polar surface area (TPSA) is 41.1 Å². The van der Waals surface area contributed by atoms with Gasteiger partial charge >= 0.3 is 0 Å².